The van der Waals surface area contributed by atoms with E-state index in [0.29, 0.717) is 6.67 Å². The highest BCUT2D eigenvalue weighted by Crippen LogP contribution is 2.03. The van der Waals surface area contributed by atoms with Crippen LogP contribution in [0.2, 0.25) is 0 Å². The Morgan fingerprint density at radius 3 is 1.41 bits per heavy atom. The largest absolute Gasteiger partial charge is 0.468 e. The Kier molecular flexibility index (Phi) is 14.1. The number of carbonyl (C=O) groups is 2. The van der Waals surface area contributed by atoms with E-state index in [0.717, 1.165) is 6.67 Å². The summed E-state index contributed by atoms with van der Waals surface area (Å²) in [6.45, 7) is 4.86. The van der Waals surface area contributed by atoms with Gasteiger partial charge >= 0.3 is 11.9 Å². The molecule has 0 aromatic rings. The second-order valence-electron chi connectivity index (χ2n) is 4.94. The third kappa shape index (κ3) is 9.67. The molecule has 0 amide bonds. The van der Waals surface area contributed by atoms with Crippen molar-refractivity contribution >= 4 is 11.9 Å². The molecule has 0 saturated carbocycles. The molecule has 0 saturated heterocycles. The van der Waals surface area contributed by atoms with Crippen molar-refractivity contribution in [2.45, 2.75) is 25.9 Å². The molecule has 0 aromatic carbocycles. The standard InChI is InChI=1S/C11H22N2O4.C3H10N2/c1-8(10(14)16-5)12(3)7-13(4)9(2)11(15)17-6;1-4-3-5-2/h8-9H,7H2,1-6H3;4-5H,3H2,1-2H3. The topological polar surface area (TPSA) is 83.1 Å². The van der Waals surface area contributed by atoms with Gasteiger partial charge in [0, 0.05) is 6.67 Å². The Bertz CT molecular complexity index is 287. The first-order valence-corrected chi connectivity index (χ1v) is 7.12. The van der Waals surface area contributed by atoms with Crippen molar-refractivity contribution < 1.29 is 19.1 Å². The van der Waals surface area contributed by atoms with Gasteiger partial charge in [-0.15, -0.1) is 0 Å². The Morgan fingerprint density at radius 2 is 1.23 bits per heavy atom. The van der Waals surface area contributed by atoms with E-state index >= 15 is 0 Å². The maximum Gasteiger partial charge on any atom is 0.322 e. The average molecular weight is 320 g/mol. The van der Waals surface area contributed by atoms with Crippen LogP contribution in [0.3, 0.4) is 0 Å². The summed E-state index contributed by atoms with van der Waals surface area (Å²) in [6.07, 6.45) is 0. The van der Waals surface area contributed by atoms with E-state index in [-0.39, 0.29) is 24.0 Å². The summed E-state index contributed by atoms with van der Waals surface area (Å²) < 4.78 is 9.31. The lowest BCUT2D eigenvalue weighted by atomic mass is 10.3. The zero-order chi connectivity index (χ0) is 17.7. The average Bonchev–Trinajstić information content (AvgIpc) is 2.52. The molecule has 2 atom stereocenters. The lowest BCUT2D eigenvalue weighted by molar-refractivity contribution is -0.148. The lowest BCUT2D eigenvalue weighted by Crippen LogP contribution is -2.47. The highest BCUT2D eigenvalue weighted by molar-refractivity contribution is 5.75. The molecule has 0 radical (unpaired) electrons. The molecule has 0 fully saturated rings. The SMILES string of the molecule is CNCNC.COC(=O)C(C)N(C)CN(C)C(C)C(=O)OC. The minimum atomic E-state index is -0.354. The second kappa shape index (κ2) is 13.4. The summed E-state index contributed by atoms with van der Waals surface area (Å²) in [5.74, 6) is -0.599. The molecule has 0 aromatic heterocycles. The van der Waals surface area contributed by atoms with Crippen LogP contribution in [0, 0.1) is 0 Å². The Morgan fingerprint density at radius 1 is 0.909 bits per heavy atom. The fourth-order valence-corrected chi connectivity index (χ4v) is 1.47. The van der Waals surface area contributed by atoms with E-state index in [4.69, 9.17) is 0 Å². The number of nitrogens with one attached hydrogen (secondary N) is 2. The molecule has 0 aliphatic rings. The van der Waals surface area contributed by atoms with Crippen LogP contribution in [0.4, 0.5) is 0 Å². The summed E-state index contributed by atoms with van der Waals surface area (Å²) in [4.78, 5) is 26.2. The van der Waals surface area contributed by atoms with E-state index in [1.54, 1.807) is 37.7 Å². The monoisotopic (exact) mass is 320 g/mol. The van der Waals surface area contributed by atoms with Crippen LogP contribution < -0.4 is 10.6 Å². The first-order valence-electron chi connectivity index (χ1n) is 7.12. The van der Waals surface area contributed by atoms with Crippen LogP contribution in [0.25, 0.3) is 0 Å². The van der Waals surface area contributed by atoms with E-state index in [1.807, 2.05) is 14.1 Å². The first kappa shape index (κ1) is 23.1. The molecule has 8 heteroatoms. The van der Waals surface area contributed by atoms with Crippen molar-refractivity contribution in [3.8, 4) is 0 Å². The van der Waals surface area contributed by atoms with Gasteiger partial charge in [0.2, 0.25) is 0 Å². The van der Waals surface area contributed by atoms with E-state index in [9.17, 15) is 9.59 Å². The highest BCUT2D eigenvalue weighted by Gasteiger charge is 2.24. The summed E-state index contributed by atoms with van der Waals surface area (Å²) >= 11 is 0. The van der Waals surface area contributed by atoms with Crippen LogP contribution in [-0.2, 0) is 19.1 Å². The number of methoxy groups -OCH3 is 2. The van der Waals surface area contributed by atoms with Crippen molar-refractivity contribution in [2.24, 2.45) is 0 Å². The predicted molar refractivity (Wildman–Crippen MR) is 86.3 cm³/mol. The summed E-state index contributed by atoms with van der Waals surface area (Å²) in [7, 11) is 10.1. The third-order valence-corrected chi connectivity index (χ3v) is 3.21. The van der Waals surface area contributed by atoms with E-state index < -0.39 is 0 Å². The number of nitrogens with zero attached hydrogens (tertiary/aromatic N) is 2. The Balaban J connectivity index is 0. The van der Waals surface area contributed by atoms with Gasteiger partial charge < -0.3 is 20.1 Å². The molecular weight excluding hydrogens is 288 g/mol. The minimum absolute atomic E-state index is 0.299. The van der Waals surface area contributed by atoms with Gasteiger partial charge in [-0.2, -0.15) is 0 Å². The Labute approximate surface area is 134 Å². The number of carbonyl (C=O) groups excluding carboxylic acids is 2. The second-order valence-corrected chi connectivity index (χ2v) is 4.94. The van der Waals surface area contributed by atoms with Crippen LogP contribution in [0.5, 0.6) is 0 Å². The van der Waals surface area contributed by atoms with Crippen LogP contribution in [0.15, 0.2) is 0 Å². The fraction of sp³-hybridized carbons (Fsp3) is 0.857. The predicted octanol–water partition coefficient (Wildman–Crippen LogP) is -0.687. The van der Waals surface area contributed by atoms with Crippen molar-refractivity contribution in [3.05, 3.63) is 0 Å². The van der Waals surface area contributed by atoms with Gasteiger partial charge in [-0.05, 0) is 42.0 Å². The van der Waals surface area contributed by atoms with Crippen LogP contribution in [-0.4, -0.2) is 89.6 Å². The first-order chi connectivity index (χ1) is 10.3. The minimum Gasteiger partial charge on any atom is -0.468 e. The van der Waals surface area contributed by atoms with Gasteiger partial charge in [-0.1, -0.05) is 0 Å². The van der Waals surface area contributed by atoms with Gasteiger partial charge in [0.05, 0.1) is 20.9 Å². The van der Waals surface area contributed by atoms with Gasteiger partial charge in [-0.3, -0.25) is 19.4 Å². The molecule has 0 rings (SSSR count). The van der Waals surface area contributed by atoms with Crippen molar-refractivity contribution in [1.29, 1.82) is 0 Å². The number of esters is 2. The Hall–Kier alpha value is -1.22. The zero-order valence-electron chi connectivity index (χ0n) is 15.1. The van der Waals surface area contributed by atoms with Crippen molar-refractivity contribution in [2.75, 3.05) is 55.7 Å². The molecule has 22 heavy (non-hydrogen) atoms. The molecule has 8 nitrogen and oxygen atoms in total. The maximum atomic E-state index is 11.3. The van der Waals surface area contributed by atoms with E-state index in [2.05, 4.69) is 20.1 Å². The number of ether oxygens (including phenoxy) is 2. The zero-order valence-corrected chi connectivity index (χ0v) is 15.1. The molecule has 0 aliphatic carbocycles. The summed E-state index contributed by atoms with van der Waals surface area (Å²) in [5.41, 5.74) is 0. The van der Waals surface area contributed by atoms with Gasteiger partial charge in [0.15, 0.2) is 0 Å². The molecule has 0 aliphatic heterocycles. The molecule has 132 valence electrons. The molecule has 0 heterocycles. The van der Waals surface area contributed by atoms with Crippen molar-refractivity contribution in [1.82, 2.24) is 20.4 Å². The number of hydrogen-bond acceptors (Lipinski definition) is 8. The van der Waals surface area contributed by atoms with Gasteiger partial charge in [-0.25, -0.2) is 0 Å². The lowest BCUT2D eigenvalue weighted by Gasteiger charge is -2.30. The summed E-state index contributed by atoms with van der Waals surface area (Å²) in [5, 5.41) is 5.81. The summed E-state index contributed by atoms with van der Waals surface area (Å²) in [6, 6.07) is -0.709. The third-order valence-electron chi connectivity index (χ3n) is 3.21. The van der Waals surface area contributed by atoms with Crippen molar-refractivity contribution in [3.63, 3.8) is 0 Å². The molecule has 2 unspecified atom stereocenters. The molecule has 0 bridgehead atoms. The van der Waals surface area contributed by atoms with E-state index in [1.165, 1.54) is 14.2 Å². The smallest absolute Gasteiger partial charge is 0.322 e. The normalized spacial score (nSPS) is 13.2. The molecule has 0 spiro atoms. The van der Waals surface area contributed by atoms with Gasteiger partial charge in [0.25, 0.3) is 0 Å². The number of rotatable bonds is 8. The quantitative estimate of drug-likeness (QED) is 0.449. The van der Waals surface area contributed by atoms with Crippen LogP contribution >= 0.6 is 0 Å². The van der Waals surface area contributed by atoms with Crippen LogP contribution in [0.1, 0.15) is 13.8 Å². The highest BCUT2D eigenvalue weighted by atomic mass is 16.5. The molecule has 2 N–H and O–H groups in total. The van der Waals surface area contributed by atoms with Gasteiger partial charge in [0.1, 0.15) is 12.1 Å². The number of likely N-dealkylation sites (N-methyl/N-ethyl adjacent to an activating group) is 2. The fourth-order valence-electron chi connectivity index (χ4n) is 1.47. The number of hydrogen-bond donors (Lipinski definition) is 2. The maximum absolute atomic E-state index is 11.3. The molecular formula is C14H32N4O4.